The van der Waals surface area contributed by atoms with Crippen molar-refractivity contribution in [2.75, 3.05) is 26.2 Å². The minimum Gasteiger partial charge on any atom is -0.504 e. The molecule has 1 aliphatic carbocycles. The molecule has 3 rings (SSSR count). The fourth-order valence-electron chi connectivity index (χ4n) is 3.72. The Morgan fingerprint density at radius 1 is 1.32 bits per heavy atom. The topological polar surface area (TPSA) is 57.1 Å². The van der Waals surface area contributed by atoms with Gasteiger partial charge in [0, 0.05) is 19.6 Å². The number of phenols is 1. The summed E-state index contributed by atoms with van der Waals surface area (Å²) in [5, 5.41) is 13.2. The van der Waals surface area contributed by atoms with Crippen LogP contribution in [0.3, 0.4) is 0 Å². The molecule has 1 heterocycles. The van der Waals surface area contributed by atoms with Crippen LogP contribution < -0.4 is 10.1 Å². The third-order valence-corrected chi connectivity index (χ3v) is 5.22. The number of hydrogen-bond donors (Lipinski definition) is 2. The molecule has 0 radical (unpaired) electrons. The summed E-state index contributed by atoms with van der Waals surface area (Å²) in [7, 11) is 0. The first-order valence-corrected chi connectivity index (χ1v) is 9.14. The van der Waals surface area contributed by atoms with Crippen LogP contribution in [0.2, 0.25) is 0 Å². The van der Waals surface area contributed by atoms with Gasteiger partial charge in [-0.1, -0.05) is 12.5 Å². The van der Waals surface area contributed by atoms with Gasteiger partial charge in [0.05, 0.1) is 13.2 Å². The zero-order valence-electron chi connectivity index (χ0n) is 15.3. The number of ether oxygens (including phenoxy) is 1. The molecule has 2 fully saturated rings. The average Bonchev–Trinajstić information content (AvgIpc) is 3.00. The SMILES string of the molecule is CCNC(=NCc1ccc(O)c(OCC)c1)N1CCC2(CCC2)C1.I. The summed E-state index contributed by atoms with van der Waals surface area (Å²) in [6.45, 7) is 8.27. The van der Waals surface area contributed by atoms with Crippen LogP contribution in [0.1, 0.15) is 45.1 Å². The van der Waals surface area contributed by atoms with Gasteiger partial charge < -0.3 is 20.1 Å². The van der Waals surface area contributed by atoms with Gasteiger partial charge in [-0.3, -0.25) is 0 Å². The Bertz CT molecular complexity index is 602. The van der Waals surface area contributed by atoms with Crippen molar-refractivity contribution in [2.24, 2.45) is 10.4 Å². The predicted molar refractivity (Wildman–Crippen MR) is 112 cm³/mol. The molecule has 140 valence electrons. The van der Waals surface area contributed by atoms with Crippen molar-refractivity contribution in [3.05, 3.63) is 23.8 Å². The maximum atomic E-state index is 9.81. The highest BCUT2D eigenvalue weighted by molar-refractivity contribution is 14.0. The third-order valence-electron chi connectivity index (χ3n) is 5.22. The van der Waals surface area contributed by atoms with Crippen molar-refractivity contribution in [3.63, 3.8) is 0 Å². The number of benzene rings is 1. The van der Waals surface area contributed by atoms with E-state index in [-0.39, 0.29) is 29.7 Å². The molecule has 25 heavy (non-hydrogen) atoms. The van der Waals surface area contributed by atoms with Gasteiger partial charge in [0.2, 0.25) is 0 Å². The van der Waals surface area contributed by atoms with E-state index in [0.29, 0.717) is 24.3 Å². The molecular weight excluding hydrogens is 429 g/mol. The Balaban J connectivity index is 0.00000225. The van der Waals surface area contributed by atoms with E-state index in [1.54, 1.807) is 6.07 Å². The van der Waals surface area contributed by atoms with Crippen molar-refractivity contribution < 1.29 is 9.84 Å². The maximum Gasteiger partial charge on any atom is 0.194 e. The maximum absolute atomic E-state index is 9.81. The molecule has 0 unspecified atom stereocenters. The van der Waals surface area contributed by atoms with Crippen LogP contribution in [0, 0.1) is 5.41 Å². The van der Waals surface area contributed by atoms with Crippen LogP contribution >= 0.6 is 24.0 Å². The van der Waals surface area contributed by atoms with Crippen LogP contribution in [0.25, 0.3) is 0 Å². The number of halogens is 1. The quantitative estimate of drug-likeness (QED) is 0.400. The molecule has 0 atom stereocenters. The lowest BCUT2D eigenvalue weighted by Gasteiger charge is -2.38. The van der Waals surface area contributed by atoms with Gasteiger partial charge in [-0.25, -0.2) is 4.99 Å². The lowest BCUT2D eigenvalue weighted by Crippen LogP contribution is -2.42. The zero-order valence-corrected chi connectivity index (χ0v) is 17.6. The normalized spacial score (nSPS) is 18.6. The third kappa shape index (κ3) is 4.71. The zero-order chi connectivity index (χ0) is 17.0. The van der Waals surface area contributed by atoms with E-state index >= 15 is 0 Å². The Kier molecular flexibility index (Phi) is 7.22. The number of phenolic OH excluding ortho intramolecular Hbond substituents is 1. The summed E-state index contributed by atoms with van der Waals surface area (Å²) in [6, 6.07) is 5.47. The van der Waals surface area contributed by atoms with Crippen molar-refractivity contribution in [1.82, 2.24) is 10.2 Å². The van der Waals surface area contributed by atoms with E-state index in [2.05, 4.69) is 17.1 Å². The highest BCUT2D eigenvalue weighted by Crippen LogP contribution is 2.47. The van der Waals surface area contributed by atoms with Crippen LogP contribution in [-0.4, -0.2) is 42.2 Å². The second-order valence-electron chi connectivity index (χ2n) is 6.93. The van der Waals surface area contributed by atoms with E-state index in [0.717, 1.165) is 31.2 Å². The monoisotopic (exact) mass is 459 g/mol. The van der Waals surface area contributed by atoms with Gasteiger partial charge in [-0.15, -0.1) is 24.0 Å². The highest BCUT2D eigenvalue weighted by atomic mass is 127. The molecule has 0 aromatic heterocycles. The fraction of sp³-hybridized carbons (Fsp3) is 0.632. The van der Waals surface area contributed by atoms with Gasteiger partial charge in [-0.2, -0.15) is 0 Å². The fourth-order valence-corrected chi connectivity index (χ4v) is 3.72. The molecule has 6 heteroatoms. The summed E-state index contributed by atoms with van der Waals surface area (Å²) >= 11 is 0. The van der Waals surface area contributed by atoms with E-state index in [9.17, 15) is 5.11 Å². The van der Waals surface area contributed by atoms with Gasteiger partial charge in [-0.05, 0) is 56.2 Å². The van der Waals surface area contributed by atoms with Crippen molar-refractivity contribution >= 4 is 29.9 Å². The molecule has 1 aliphatic heterocycles. The Labute approximate surface area is 167 Å². The number of nitrogens with one attached hydrogen (secondary N) is 1. The number of hydrogen-bond acceptors (Lipinski definition) is 3. The number of rotatable bonds is 5. The predicted octanol–water partition coefficient (Wildman–Crippen LogP) is 3.75. The summed E-state index contributed by atoms with van der Waals surface area (Å²) in [5.41, 5.74) is 1.61. The van der Waals surface area contributed by atoms with E-state index in [4.69, 9.17) is 9.73 Å². The standard InChI is InChI=1S/C19H29N3O2.HI/c1-3-20-18(22-11-10-19(14-22)8-5-9-19)21-13-15-6-7-16(23)17(12-15)24-4-2;/h6-7,12,23H,3-5,8-11,13-14H2,1-2H3,(H,20,21);1H. The minimum atomic E-state index is 0. The minimum absolute atomic E-state index is 0. The second kappa shape index (κ2) is 8.96. The van der Waals surface area contributed by atoms with Crippen molar-refractivity contribution in [2.45, 2.75) is 46.1 Å². The Morgan fingerprint density at radius 2 is 2.12 bits per heavy atom. The Hall–Kier alpha value is -1.18. The van der Waals surface area contributed by atoms with E-state index < -0.39 is 0 Å². The molecule has 1 spiro atoms. The van der Waals surface area contributed by atoms with E-state index in [1.165, 1.54) is 25.7 Å². The molecule has 1 saturated heterocycles. The molecule has 1 aromatic carbocycles. The van der Waals surface area contributed by atoms with Crippen LogP contribution in [-0.2, 0) is 6.54 Å². The van der Waals surface area contributed by atoms with Crippen molar-refractivity contribution in [1.29, 1.82) is 0 Å². The number of guanidine groups is 1. The molecule has 2 N–H and O–H groups in total. The number of nitrogens with zero attached hydrogens (tertiary/aromatic N) is 2. The number of aliphatic imine (C=N–C) groups is 1. The first-order chi connectivity index (χ1) is 11.7. The van der Waals surface area contributed by atoms with Gasteiger partial charge >= 0.3 is 0 Å². The van der Waals surface area contributed by atoms with Gasteiger partial charge in [0.15, 0.2) is 17.5 Å². The number of likely N-dealkylation sites (tertiary alicyclic amines) is 1. The first-order valence-electron chi connectivity index (χ1n) is 9.14. The molecule has 2 aliphatic rings. The molecule has 1 saturated carbocycles. The molecule has 0 amide bonds. The molecular formula is C19H30IN3O2. The summed E-state index contributed by atoms with van der Waals surface area (Å²) in [6.07, 6.45) is 5.43. The molecule has 5 nitrogen and oxygen atoms in total. The molecule has 0 bridgehead atoms. The van der Waals surface area contributed by atoms with Crippen LogP contribution in [0.5, 0.6) is 11.5 Å². The summed E-state index contributed by atoms with van der Waals surface area (Å²) < 4.78 is 5.46. The summed E-state index contributed by atoms with van der Waals surface area (Å²) in [5.74, 6) is 1.72. The highest BCUT2D eigenvalue weighted by Gasteiger charge is 2.43. The Morgan fingerprint density at radius 3 is 2.72 bits per heavy atom. The van der Waals surface area contributed by atoms with Crippen LogP contribution in [0.15, 0.2) is 23.2 Å². The van der Waals surface area contributed by atoms with Gasteiger partial charge in [0.25, 0.3) is 0 Å². The molecule has 1 aromatic rings. The lowest BCUT2D eigenvalue weighted by molar-refractivity contribution is 0.151. The average molecular weight is 459 g/mol. The number of aromatic hydroxyl groups is 1. The largest absolute Gasteiger partial charge is 0.504 e. The van der Waals surface area contributed by atoms with Gasteiger partial charge in [0.1, 0.15) is 0 Å². The second-order valence-corrected chi connectivity index (χ2v) is 6.93. The van der Waals surface area contributed by atoms with E-state index in [1.807, 2.05) is 19.1 Å². The van der Waals surface area contributed by atoms with Crippen molar-refractivity contribution in [3.8, 4) is 11.5 Å². The summed E-state index contributed by atoms with van der Waals surface area (Å²) in [4.78, 5) is 7.22. The first kappa shape index (κ1) is 20.1. The smallest absolute Gasteiger partial charge is 0.194 e. The lowest BCUT2D eigenvalue weighted by atomic mass is 9.68. The van der Waals surface area contributed by atoms with Crippen LogP contribution in [0.4, 0.5) is 0 Å².